The van der Waals surface area contributed by atoms with E-state index in [2.05, 4.69) is 15.3 Å². The average molecular weight is 298 g/mol. The van der Waals surface area contributed by atoms with Gasteiger partial charge in [-0.3, -0.25) is 4.79 Å². The van der Waals surface area contributed by atoms with Crippen LogP contribution in [0.5, 0.6) is 0 Å². The summed E-state index contributed by atoms with van der Waals surface area (Å²) >= 11 is 0. The first kappa shape index (κ1) is 14.0. The highest BCUT2D eigenvalue weighted by molar-refractivity contribution is 5.99. The summed E-state index contributed by atoms with van der Waals surface area (Å²) in [5.74, 6) is -1.75. The molecule has 0 aliphatic heterocycles. The zero-order chi connectivity index (χ0) is 15.7. The largest absolute Gasteiger partial charge is 0.479 e. The summed E-state index contributed by atoms with van der Waals surface area (Å²) in [4.78, 5) is 31.7. The molecule has 2 aromatic rings. The number of fused-ring (bicyclic) bond motifs is 1. The number of aliphatic carboxylic acids is 1. The van der Waals surface area contributed by atoms with E-state index in [4.69, 9.17) is 5.73 Å². The molecule has 22 heavy (non-hydrogen) atoms. The second kappa shape index (κ2) is 5.10. The molecule has 0 saturated heterocycles. The topological polar surface area (TPSA) is 118 Å². The maximum Gasteiger partial charge on any atom is 0.330 e. The van der Waals surface area contributed by atoms with Gasteiger partial charge in [-0.15, -0.1) is 0 Å². The van der Waals surface area contributed by atoms with Crippen LogP contribution in [0.2, 0.25) is 0 Å². The van der Waals surface area contributed by atoms with Crippen LogP contribution in [-0.4, -0.2) is 32.5 Å². The van der Waals surface area contributed by atoms with Gasteiger partial charge >= 0.3 is 5.97 Å². The zero-order valence-corrected chi connectivity index (χ0v) is 11.6. The quantitative estimate of drug-likeness (QED) is 0.755. The molecule has 7 nitrogen and oxygen atoms in total. The summed E-state index contributed by atoms with van der Waals surface area (Å²) in [5.41, 5.74) is 5.99. The Morgan fingerprint density at radius 1 is 1.14 bits per heavy atom. The number of hydrogen-bond donors (Lipinski definition) is 3. The standard InChI is InChI=1S/C15H14N4O3/c16-12-11(17-5-6-18-12)13(20)19-15(14(21)22)7-9-3-1-2-4-10(9)8-15/h1-6H,7-8H2,(H2,16,18)(H,19,20)(H,21,22). The van der Waals surface area contributed by atoms with Crippen molar-refractivity contribution in [3.8, 4) is 0 Å². The van der Waals surface area contributed by atoms with Gasteiger partial charge in [-0.1, -0.05) is 24.3 Å². The van der Waals surface area contributed by atoms with Gasteiger partial charge in [0, 0.05) is 25.2 Å². The second-order valence-corrected chi connectivity index (χ2v) is 5.25. The maximum absolute atomic E-state index is 12.3. The summed E-state index contributed by atoms with van der Waals surface area (Å²) in [6, 6.07) is 7.42. The lowest BCUT2D eigenvalue weighted by Crippen LogP contribution is -2.55. The van der Waals surface area contributed by atoms with Crippen LogP contribution < -0.4 is 11.1 Å². The van der Waals surface area contributed by atoms with Crippen molar-refractivity contribution in [1.29, 1.82) is 0 Å². The van der Waals surface area contributed by atoms with Crippen LogP contribution in [0, 0.1) is 0 Å². The first-order valence-corrected chi connectivity index (χ1v) is 6.71. The number of rotatable bonds is 3. The third kappa shape index (κ3) is 2.26. The Morgan fingerprint density at radius 2 is 1.73 bits per heavy atom. The number of nitrogens with two attached hydrogens (primary N) is 1. The van der Waals surface area contributed by atoms with E-state index in [0.29, 0.717) is 0 Å². The van der Waals surface area contributed by atoms with Gasteiger partial charge in [0.25, 0.3) is 5.91 Å². The van der Waals surface area contributed by atoms with Crippen molar-refractivity contribution in [3.05, 3.63) is 53.5 Å². The highest BCUT2D eigenvalue weighted by Crippen LogP contribution is 2.30. The van der Waals surface area contributed by atoms with E-state index in [-0.39, 0.29) is 24.4 Å². The Morgan fingerprint density at radius 3 is 2.27 bits per heavy atom. The summed E-state index contributed by atoms with van der Waals surface area (Å²) < 4.78 is 0. The van der Waals surface area contributed by atoms with Crippen LogP contribution in [0.4, 0.5) is 5.82 Å². The van der Waals surface area contributed by atoms with Gasteiger partial charge in [0.2, 0.25) is 0 Å². The van der Waals surface area contributed by atoms with Crippen molar-refractivity contribution in [2.45, 2.75) is 18.4 Å². The fourth-order valence-electron chi connectivity index (χ4n) is 2.71. The van der Waals surface area contributed by atoms with Crippen molar-refractivity contribution in [2.75, 3.05) is 5.73 Å². The summed E-state index contributed by atoms with van der Waals surface area (Å²) in [6.45, 7) is 0. The van der Waals surface area contributed by atoms with Gasteiger partial charge < -0.3 is 16.2 Å². The zero-order valence-electron chi connectivity index (χ0n) is 11.6. The molecule has 3 rings (SSSR count). The number of carboxylic acids is 1. The summed E-state index contributed by atoms with van der Waals surface area (Å²) in [7, 11) is 0. The van der Waals surface area contributed by atoms with Gasteiger partial charge in [-0.05, 0) is 11.1 Å². The number of carboxylic acid groups (broad SMARTS) is 1. The number of hydrogen-bond acceptors (Lipinski definition) is 5. The molecule has 0 saturated carbocycles. The SMILES string of the molecule is Nc1nccnc1C(=O)NC1(C(=O)O)Cc2ccccc2C1. The Hall–Kier alpha value is -2.96. The van der Waals surface area contributed by atoms with E-state index in [1.165, 1.54) is 12.4 Å². The first-order valence-electron chi connectivity index (χ1n) is 6.71. The number of nitrogens with zero attached hydrogens (tertiary/aromatic N) is 2. The van der Waals surface area contributed by atoms with Gasteiger partial charge in [0.1, 0.15) is 5.54 Å². The van der Waals surface area contributed by atoms with Crippen molar-refractivity contribution in [1.82, 2.24) is 15.3 Å². The van der Waals surface area contributed by atoms with Gasteiger partial charge in [-0.25, -0.2) is 14.8 Å². The predicted molar refractivity (Wildman–Crippen MR) is 78.1 cm³/mol. The van der Waals surface area contributed by atoms with Crippen LogP contribution in [0.3, 0.4) is 0 Å². The molecule has 1 aliphatic carbocycles. The fourth-order valence-corrected chi connectivity index (χ4v) is 2.71. The molecular weight excluding hydrogens is 284 g/mol. The van der Waals surface area contributed by atoms with Crippen LogP contribution >= 0.6 is 0 Å². The molecule has 0 radical (unpaired) electrons. The number of carbonyl (C=O) groups is 2. The third-order valence-corrected chi connectivity index (χ3v) is 3.81. The minimum Gasteiger partial charge on any atom is -0.479 e. The van der Waals surface area contributed by atoms with Crippen molar-refractivity contribution in [2.24, 2.45) is 0 Å². The van der Waals surface area contributed by atoms with E-state index in [1.54, 1.807) is 0 Å². The molecule has 1 amide bonds. The van der Waals surface area contributed by atoms with Crippen molar-refractivity contribution in [3.63, 3.8) is 0 Å². The molecule has 1 aliphatic rings. The van der Waals surface area contributed by atoms with Gasteiger partial charge in [0.15, 0.2) is 11.5 Å². The molecule has 1 aromatic carbocycles. The number of aromatic nitrogens is 2. The highest BCUT2D eigenvalue weighted by Gasteiger charge is 2.45. The molecule has 0 bridgehead atoms. The Kier molecular flexibility index (Phi) is 3.25. The molecule has 1 heterocycles. The highest BCUT2D eigenvalue weighted by atomic mass is 16.4. The maximum atomic E-state index is 12.3. The Balaban J connectivity index is 1.90. The van der Waals surface area contributed by atoms with Gasteiger partial charge in [0.05, 0.1) is 0 Å². The second-order valence-electron chi connectivity index (χ2n) is 5.25. The van der Waals surface area contributed by atoms with E-state index in [9.17, 15) is 14.7 Å². The number of amides is 1. The van der Waals surface area contributed by atoms with E-state index >= 15 is 0 Å². The molecule has 112 valence electrons. The minimum absolute atomic E-state index is 0.0314. The van der Waals surface area contributed by atoms with E-state index in [1.807, 2.05) is 24.3 Å². The average Bonchev–Trinajstić information content (AvgIpc) is 2.87. The number of carbonyl (C=O) groups excluding carboxylic acids is 1. The molecule has 1 aromatic heterocycles. The molecule has 0 spiro atoms. The Bertz CT molecular complexity index is 735. The van der Waals surface area contributed by atoms with Crippen LogP contribution in [-0.2, 0) is 17.6 Å². The van der Waals surface area contributed by atoms with E-state index in [0.717, 1.165) is 11.1 Å². The molecule has 0 atom stereocenters. The van der Waals surface area contributed by atoms with E-state index < -0.39 is 17.4 Å². The monoisotopic (exact) mass is 298 g/mol. The minimum atomic E-state index is -1.38. The lowest BCUT2D eigenvalue weighted by molar-refractivity contribution is -0.144. The van der Waals surface area contributed by atoms with Gasteiger partial charge in [-0.2, -0.15) is 0 Å². The number of anilines is 1. The first-order chi connectivity index (χ1) is 10.5. The fraction of sp³-hybridized carbons (Fsp3) is 0.200. The number of nitrogens with one attached hydrogen (secondary N) is 1. The number of nitrogen functional groups attached to an aromatic ring is 1. The van der Waals surface area contributed by atoms with Crippen LogP contribution in [0.25, 0.3) is 0 Å². The third-order valence-electron chi connectivity index (χ3n) is 3.81. The molecule has 7 heteroatoms. The molecule has 0 fully saturated rings. The summed E-state index contributed by atoms with van der Waals surface area (Å²) in [6.07, 6.45) is 3.15. The molecule has 0 unspecified atom stereocenters. The lowest BCUT2D eigenvalue weighted by atomic mass is 9.95. The van der Waals surface area contributed by atoms with Crippen molar-refractivity contribution < 1.29 is 14.7 Å². The van der Waals surface area contributed by atoms with Crippen molar-refractivity contribution >= 4 is 17.7 Å². The normalized spacial score (nSPS) is 15.1. The molecule has 4 N–H and O–H groups in total. The predicted octanol–water partition coefficient (Wildman–Crippen LogP) is 0.411. The number of benzene rings is 1. The smallest absolute Gasteiger partial charge is 0.330 e. The molecular formula is C15H14N4O3. The summed E-state index contributed by atoms with van der Waals surface area (Å²) in [5, 5.41) is 12.2. The lowest BCUT2D eigenvalue weighted by Gasteiger charge is -2.25. The van der Waals surface area contributed by atoms with Crippen LogP contribution in [0.1, 0.15) is 21.6 Å². The Labute approximate surface area is 126 Å². The van der Waals surface area contributed by atoms with Crippen LogP contribution in [0.15, 0.2) is 36.7 Å².